The van der Waals surface area contributed by atoms with Gasteiger partial charge in [-0.25, -0.2) is 0 Å². The van der Waals surface area contributed by atoms with E-state index in [1.54, 1.807) is 7.11 Å². The van der Waals surface area contributed by atoms with Crippen LogP contribution in [0.2, 0.25) is 0 Å². The van der Waals surface area contributed by atoms with Crippen molar-refractivity contribution in [3.05, 3.63) is 29.3 Å². The van der Waals surface area contributed by atoms with Crippen molar-refractivity contribution in [3.63, 3.8) is 0 Å². The number of ether oxygens (including phenoxy) is 1. The van der Waals surface area contributed by atoms with Crippen molar-refractivity contribution in [3.8, 4) is 5.75 Å². The van der Waals surface area contributed by atoms with Crippen molar-refractivity contribution in [1.29, 1.82) is 0 Å². The van der Waals surface area contributed by atoms with Crippen LogP contribution >= 0.6 is 0 Å². The minimum atomic E-state index is 0.0611. The van der Waals surface area contributed by atoms with Crippen LogP contribution in [0, 0.1) is 6.92 Å². The average molecular weight is 276 g/mol. The molecule has 0 radical (unpaired) electrons. The number of nitrogens with zero attached hydrogens (tertiary/aromatic N) is 1. The molecule has 0 spiro atoms. The number of nitrogens with two attached hydrogens (primary N) is 1. The Morgan fingerprint density at radius 1 is 1.45 bits per heavy atom. The molecule has 2 unspecified atom stereocenters. The van der Waals surface area contributed by atoms with Gasteiger partial charge in [0.05, 0.1) is 7.11 Å². The van der Waals surface area contributed by atoms with Gasteiger partial charge in [-0.3, -0.25) is 4.79 Å². The molecule has 20 heavy (non-hydrogen) atoms. The summed E-state index contributed by atoms with van der Waals surface area (Å²) in [5.74, 6) is 0.816. The molecule has 2 rings (SSSR count). The van der Waals surface area contributed by atoms with Gasteiger partial charge in [-0.05, 0) is 50.8 Å². The number of piperidine rings is 1. The summed E-state index contributed by atoms with van der Waals surface area (Å²) in [6.45, 7) is 4.60. The molecule has 1 aromatic rings. The molecular weight excluding hydrogens is 252 g/mol. The molecule has 0 aromatic heterocycles. The second kappa shape index (κ2) is 6.27. The Balaban J connectivity index is 2.29. The van der Waals surface area contributed by atoms with Gasteiger partial charge < -0.3 is 15.4 Å². The van der Waals surface area contributed by atoms with Crippen LogP contribution < -0.4 is 10.5 Å². The largest absolute Gasteiger partial charge is 0.496 e. The molecule has 110 valence electrons. The van der Waals surface area contributed by atoms with Crippen molar-refractivity contribution >= 4 is 5.91 Å². The molecule has 1 aromatic carbocycles. The third-order valence-electron chi connectivity index (χ3n) is 4.19. The Hall–Kier alpha value is -1.55. The number of benzene rings is 1. The standard InChI is InChI=1S/C16H24N2O2/c1-11-7-8-13(9-15(11)20-3)16(19)18-12(2)5-4-6-14(18)10-17/h7-9,12,14H,4-6,10,17H2,1-3H3. The van der Waals surface area contributed by atoms with Crippen molar-refractivity contribution < 1.29 is 9.53 Å². The molecule has 0 aliphatic carbocycles. The lowest BCUT2D eigenvalue weighted by Gasteiger charge is -2.40. The maximum absolute atomic E-state index is 12.8. The summed E-state index contributed by atoms with van der Waals surface area (Å²) in [6.07, 6.45) is 3.19. The van der Waals surface area contributed by atoms with Gasteiger partial charge in [0.15, 0.2) is 0 Å². The Morgan fingerprint density at radius 3 is 2.85 bits per heavy atom. The minimum Gasteiger partial charge on any atom is -0.496 e. The first kappa shape index (κ1) is 14.9. The van der Waals surface area contributed by atoms with E-state index in [1.807, 2.05) is 30.0 Å². The van der Waals surface area contributed by atoms with E-state index in [4.69, 9.17) is 10.5 Å². The van der Waals surface area contributed by atoms with Gasteiger partial charge in [-0.2, -0.15) is 0 Å². The molecule has 2 N–H and O–H groups in total. The molecule has 0 saturated carbocycles. The Bertz CT molecular complexity index is 487. The highest BCUT2D eigenvalue weighted by molar-refractivity contribution is 5.95. The van der Waals surface area contributed by atoms with Gasteiger partial charge in [0.25, 0.3) is 5.91 Å². The molecule has 1 amide bonds. The van der Waals surface area contributed by atoms with E-state index < -0.39 is 0 Å². The monoisotopic (exact) mass is 276 g/mol. The molecular formula is C16H24N2O2. The highest BCUT2D eigenvalue weighted by atomic mass is 16.5. The first-order valence-corrected chi connectivity index (χ1v) is 7.25. The lowest BCUT2D eigenvalue weighted by atomic mass is 9.95. The topological polar surface area (TPSA) is 55.6 Å². The van der Waals surface area contributed by atoms with Crippen LogP contribution in [-0.4, -0.2) is 36.5 Å². The zero-order valence-electron chi connectivity index (χ0n) is 12.6. The number of likely N-dealkylation sites (tertiary alicyclic amines) is 1. The second-order valence-electron chi connectivity index (χ2n) is 5.57. The Kier molecular flexibility index (Phi) is 4.65. The van der Waals surface area contributed by atoms with E-state index in [2.05, 4.69) is 6.92 Å². The van der Waals surface area contributed by atoms with Crippen LogP contribution in [0.3, 0.4) is 0 Å². The van der Waals surface area contributed by atoms with Crippen molar-refractivity contribution in [2.24, 2.45) is 5.73 Å². The van der Waals surface area contributed by atoms with Gasteiger partial charge in [0.1, 0.15) is 5.75 Å². The fourth-order valence-electron chi connectivity index (χ4n) is 2.99. The normalized spacial score (nSPS) is 22.7. The predicted octanol–water partition coefficient (Wildman–Crippen LogP) is 2.35. The summed E-state index contributed by atoms with van der Waals surface area (Å²) in [4.78, 5) is 14.7. The first-order valence-electron chi connectivity index (χ1n) is 7.25. The van der Waals surface area contributed by atoms with Gasteiger partial charge in [-0.15, -0.1) is 0 Å². The SMILES string of the molecule is COc1cc(C(=O)N2C(C)CCCC2CN)ccc1C. The van der Waals surface area contributed by atoms with Crippen molar-refractivity contribution in [2.75, 3.05) is 13.7 Å². The lowest BCUT2D eigenvalue weighted by Crippen LogP contribution is -2.51. The molecule has 1 aliphatic heterocycles. The van der Waals surface area contributed by atoms with E-state index in [0.29, 0.717) is 12.1 Å². The number of methoxy groups -OCH3 is 1. The number of hydrogen-bond acceptors (Lipinski definition) is 3. The molecule has 1 saturated heterocycles. The van der Waals surface area contributed by atoms with Gasteiger partial charge in [0, 0.05) is 24.2 Å². The summed E-state index contributed by atoms with van der Waals surface area (Å²) in [7, 11) is 1.63. The Labute approximate surface area is 120 Å². The van der Waals surface area contributed by atoms with E-state index in [-0.39, 0.29) is 18.0 Å². The maximum Gasteiger partial charge on any atom is 0.254 e. The number of amides is 1. The third-order valence-corrected chi connectivity index (χ3v) is 4.19. The summed E-state index contributed by atoms with van der Waals surface area (Å²) in [5, 5.41) is 0. The van der Waals surface area contributed by atoms with E-state index in [9.17, 15) is 4.79 Å². The minimum absolute atomic E-state index is 0.0611. The predicted molar refractivity (Wildman–Crippen MR) is 80.1 cm³/mol. The van der Waals surface area contributed by atoms with Crippen LogP contribution in [0.5, 0.6) is 5.75 Å². The highest BCUT2D eigenvalue weighted by Gasteiger charge is 2.31. The summed E-state index contributed by atoms with van der Waals surface area (Å²) < 4.78 is 5.31. The second-order valence-corrected chi connectivity index (χ2v) is 5.57. The number of carbonyl (C=O) groups is 1. The van der Waals surface area contributed by atoms with E-state index in [1.165, 1.54) is 0 Å². The average Bonchev–Trinajstić information content (AvgIpc) is 2.46. The lowest BCUT2D eigenvalue weighted by molar-refractivity contribution is 0.0494. The van der Waals surface area contributed by atoms with Crippen LogP contribution in [0.15, 0.2) is 18.2 Å². The summed E-state index contributed by atoms with van der Waals surface area (Å²) in [6, 6.07) is 6.02. The van der Waals surface area contributed by atoms with E-state index >= 15 is 0 Å². The highest BCUT2D eigenvalue weighted by Crippen LogP contribution is 2.26. The number of rotatable bonds is 3. The quantitative estimate of drug-likeness (QED) is 0.922. The zero-order chi connectivity index (χ0) is 14.7. The van der Waals surface area contributed by atoms with Crippen LogP contribution in [0.1, 0.15) is 42.1 Å². The van der Waals surface area contributed by atoms with Crippen LogP contribution in [0.4, 0.5) is 0 Å². The van der Waals surface area contributed by atoms with Gasteiger partial charge >= 0.3 is 0 Å². The summed E-state index contributed by atoms with van der Waals surface area (Å²) in [5.41, 5.74) is 7.55. The third kappa shape index (κ3) is 2.80. The van der Waals surface area contributed by atoms with Crippen LogP contribution in [-0.2, 0) is 0 Å². The van der Waals surface area contributed by atoms with Crippen molar-refractivity contribution in [1.82, 2.24) is 4.90 Å². The fraction of sp³-hybridized carbons (Fsp3) is 0.562. The number of carbonyl (C=O) groups excluding carboxylic acids is 1. The smallest absolute Gasteiger partial charge is 0.254 e. The number of aryl methyl sites for hydroxylation is 1. The molecule has 1 fully saturated rings. The van der Waals surface area contributed by atoms with E-state index in [0.717, 1.165) is 30.6 Å². The summed E-state index contributed by atoms with van der Waals surface area (Å²) >= 11 is 0. The molecule has 1 aliphatic rings. The van der Waals surface area contributed by atoms with Gasteiger partial charge in [0.2, 0.25) is 0 Å². The van der Waals surface area contributed by atoms with Gasteiger partial charge in [-0.1, -0.05) is 6.07 Å². The molecule has 0 bridgehead atoms. The Morgan fingerprint density at radius 2 is 2.20 bits per heavy atom. The van der Waals surface area contributed by atoms with Crippen LogP contribution in [0.25, 0.3) is 0 Å². The maximum atomic E-state index is 12.8. The molecule has 4 nitrogen and oxygen atoms in total. The fourth-order valence-corrected chi connectivity index (χ4v) is 2.99. The molecule has 2 atom stereocenters. The zero-order valence-corrected chi connectivity index (χ0v) is 12.6. The molecule has 1 heterocycles. The first-order chi connectivity index (χ1) is 9.58. The number of hydrogen-bond donors (Lipinski definition) is 1. The molecule has 4 heteroatoms. The van der Waals surface area contributed by atoms with Crippen molar-refractivity contribution in [2.45, 2.75) is 45.2 Å².